The van der Waals surface area contributed by atoms with Gasteiger partial charge in [-0.1, -0.05) is 85.7 Å². The van der Waals surface area contributed by atoms with E-state index in [2.05, 4.69) is 16.0 Å². The number of likely N-dealkylation sites (N-methyl/N-ethyl adjacent to an activating group) is 1. The maximum absolute atomic E-state index is 14.2. The number of aliphatic hydroxyl groups excluding tert-OH is 1. The van der Waals surface area contributed by atoms with Gasteiger partial charge in [0, 0.05) is 19.4 Å². The van der Waals surface area contributed by atoms with Crippen molar-refractivity contribution in [2.75, 3.05) is 13.7 Å². The zero-order valence-corrected chi connectivity index (χ0v) is 29.6. The summed E-state index contributed by atoms with van der Waals surface area (Å²) >= 11 is 0. The van der Waals surface area contributed by atoms with Crippen LogP contribution >= 0.6 is 0 Å². The highest BCUT2D eigenvalue weighted by molar-refractivity contribution is 5.96. The average molecular weight is 675 g/mol. The van der Waals surface area contributed by atoms with Crippen molar-refractivity contribution in [3.8, 4) is 0 Å². The minimum Gasteiger partial charge on any atom is -0.450 e. The van der Waals surface area contributed by atoms with Gasteiger partial charge >= 0.3 is 11.9 Å². The van der Waals surface area contributed by atoms with Crippen molar-refractivity contribution in [3.63, 3.8) is 0 Å². The number of hydrogen-bond donors (Lipinski definition) is 4. The van der Waals surface area contributed by atoms with Gasteiger partial charge in [-0.15, -0.1) is 0 Å². The molecule has 2 rings (SSSR count). The van der Waals surface area contributed by atoms with E-state index in [1.165, 1.54) is 11.9 Å². The maximum atomic E-state index is 14.2. The predicted molar refractivity (Wildman–Crippen MR) is 178 cm³/mol. The molecule has 1 aromatic rings. The Bertz CT molecular complexity index is 1270. The molecule has 0 spiro atoms. The molecule has 268 valence electrons. The van der Waals surface area contributed by atoms with Gasteiger partial charge in [-0.3, -0.25) is 19.2 Å². The SMILES string of the molecule is CC(C)C[C@@H]1OC(=O)[C@H](C(C)C)OC(=O)[C@H](CO)NC(=O)[C@H](C(C)C)NC(=O)[C@H](CC(C)C)N(C)C(=O)[C@H](Cc2ccccc2)NC1=O. The van der Waals surface area contributed by atoms with Crippen molar-refractivity contribution >= 4 is 35.6 Å². The standard InChI is InChI=1S/C35H54N4O9/c1-19(2)15-26-30(41)38-28(21(5)6)32(43)37-25(18-40)34(45)48-29(22(7)8)35(46)47-27(16-20(3)4)31(42)36-24(33(44)39(26)9)17-23-13-11-10-12-14-23/h10-14,19-22,24-29,40H,15-18H2,1-9H3,(H,36,42)(H,37,43)(H,38,41)/t24-,25-,26-,27-,28-,29-/m0/s1. The topological polar surface area (TPSA) is 180 Å². The molecule has 0 radical (unpaired) electrons. The lowest BCUT2D eigenvalue weighted by Gasteiger charge is -2.34. The molecular formula is C35H54N4O9. The van der Waals surface area contributed by atoms with Crippen LogP contribution < -0.4 is 16.0 Å². The zero-order chi connectivity index (χ0) is 36.3. The molecule has 1 fully saturated rings. The van der Waals surface area contributed by atoms with Crippen molar-refractivity contribution in [3.05, 3.63) is 35.9 Å². The molecule has 0 aliphatic carbocycles. The molecule has 4 N–H and O–H groups in total. The molecular weight excluding hydrogens is 620 g/mol. The third-order valence-corrected chi connectivity index (χ3v) is 8.06. The maximum Gasteiger partial charge on any atom is 0.348 e. The van der Waals surface area contributed by atoms with Gasteiger partial charge in [0.1, 0.15) is 18.1 Å². The summed E-state index contributed by atoms with van der Waals surface area (Å²) in [5.74, 6) is -5.94. The summed E-state index contributed by atoms with van der Waals surface area (Å²) in [5.41, 5.74) is 0.746. The molecule has 6 atom stereocenters. The second-order valence-corrected chi connectivity index (χ2v) is 14.0. The quantitative estimate of drug-likeness (QED) is 0.284. The molecule has 13 nitrogen and oxygen atoms in total. The van der Waals surface area contributed by atoms with E-state index < -0.39 is 90.4 Å². The fourth-order valence-electron chi connectivity index (χ4n) is 5.33. The number of esters is 2. The van der Waals surface area contributed by atoms with Gasteiger partial charge in [-0.25, -0.2) is 9.59 Å². The van der Waals surface area contributed by atoms with Gasteiger partial charge in [0.2, 0.25) is 23.8 Å². The number of nitrogens with one attached hydrogen (secondary N) is 3. The van der Waals surface area contributed by atoms with Crippen LogP contribution in [0, 0.1) is 23.7 Å². The number of rotatable bonds is 9. The lowest BCUT2D eigenvalue weighted by atomic mass is 9.97. The predicted octanol–water partition coefficient (Wildman–Crippen LogP) is 1.74. The van der Waals surface area contributed by atoms with E-state index in [4.69, 9.17) is 9.47 Å². The molecule has 0 aromatic heterocycles. The molecule has 1 aromatic carbocycles. The van der Waals surface area contributed by atoms with Crippen molar-refractivity contribution < 1.29 is 43.3 Å². The van der Waals surface area contributed by atoms with Crippen LogP contribution in [0.25, 0.3) is 0 Å². The Morgan fingerprint density at radius 1 is 0.708 bits per heavy atom. The lowest BCUT2D eigenvalue weighted by molar-refractivity contribution is -0.178. The molecule has 1 heterocycles. The minimum atomic E-state index is -1.56. The average Bonchev–Trinajstić information content (AvgIpc) is 3.01. The summed E-state index contributed by atoms with van der Waals surface area (Å²) in [6.45, 7) is 13.2. The van der Waals surface area contributed by atoms with Gasteiger partial charge in [0.15, 0.2) is 12.1 Å². The first-order valence-electron chi connectivity index (χ1n) is 16.7. The molecule has 1 aliphatic rings. The summed E-state index contributed by atoms with van der Waals surface area (Å²) in [4.78, 5) is 83.2. The van der Waals surface area contributed by atoms with E-state index in [9.17, 15) is 33.9 Å². The van der Waals surface area contributed by atoms with Crippen LogP contribution in [0.4, 0.5) is 0 Å². The van der Waals surface area contributed by atoms with Crippen LogP contribution in [0.2, 0.25) is 0 Å². The van der Waals surface area contributed by atoms with Crippen molar-refractivity contribution in [2.45, 2.75) is 111 Å². The van der Waals surface area contributed by atoms with Crippen LogP contribution in [0.15, 0.2) is 30.3 Å². The van der Waals surface area contributed by atoms with E-state index in [0.717, 1.165) is 5.56 Å². The van der Waals surface area contributed by atoms with Gasteiger partial charge in [0.05, 0.1) is 6.61 Å². The Balaban J connectivity index is 2.69. The Morgan fingerprint density at radius 2 is 1.29 bits per heavy atom. The Kier molecular flexibility index (Phi) is 15.5. The summed E-state index contributed by atoms with van der Waals surface area (Å²) in [6.07, 6.45) is -2.40. The number of aliphatic hydroxyl groups is 1. The fourth-order valence-corrected chi connectivity index (χ4v) is 5.33. The highest BCUT2D eigenvalue weighted by Gasteiger charge is 2.39. The summed E-state index contributed by atoms with van der Waals surface area (Å²) in [5, 5.41) is 17.9. The number of hydrogen-bond acceptors (Lipinski definition) is 9. The van der Waals surface area contributed by atoms with E-state index >= 15 is 0 Å². The summed E-state index contributed by atoms with van der Waals surface area (Å²) in [6, 6.07) is 4.15. The first-order valence-corrected chi connectivity index (χ1v) is 16.7. The van der Waals surface area contributed by atoms with Crippen LogP contribution in [0.5, 0.6) is 0 Å². The second kappa shape index (κ2) is 18.5. The van der Waals surface area contributed by atoms with Crippen LogP contribution in [-0.4, -0.2) is 95.6 Å². The first kappa shape index (κ1) is 40.2. The van der Waals surface area contributed by atoms with Crippen molar-refractivity contribution in [2.24, 2.45) is 23.7 Å². The Labute approximate surface area is 283 Å². The number of cyclic esters (lactones) is 2. The molecule has 13 heteroatoms. The molecule has 1 aliphatic heterocycles. The number of carbonyl (C=O) groups excluding carboxylic acids is 6. The van der Waals surface area contributed by atoms with Crippen molar-refractivity contribution in [1.29, 1.82) is 0 Å². The normalized spacial score (nSPS) is 25.8. The monoisotopic (exact) mass is 674 g/mol. The Morgan fingerprint density at radius 3 is 1.81 bits per heavy atom. The lowest BCUT2D eigenvalue weighted by Crippen LogP contribution is -2.60. The highest BCUT2D eigenvalue weighted by atomic mass is 16.6. The molecule has 0 unspecified atom stereocenters. The van der Waals surface area contributed by atoms with E-state index in [0.29, 0.717) is 0 Å². The number of benzene rings is 1. The van der Waals surface area contributed by atoms with Gasteiger partial charge in [0.25, 0.3) is 5.91 Å². The molecule has 4 amide bonds. The third kappa shape index (κ3) is 11.6. The highest BCUT2D eigenvalue weighted by Crippen LogP contribution is 2.19. The molecule has 1 saturated heterocycles. The summed E-state index contributed by atoms with van der Waals surface area (Å²) in [7, 11) is 1.47. The Hall–Kier alpha value is -4.00. The van der Waals surface area contributed by atoms with Crippen LogP contribution in [0.3, 0.4) is 0 Å². The molecule has 0 bridgehead atoms. The second-order valence-electron chi connectivity index (χ2n) is 14.0. The largest absolute Gasteiger partial charge is 0.450 e. The van der Waals surface area contributed by atoms with Gasteiger partial charge < -0.3 is 35.4 Å². The molecule has 0 saturated carbocycles. The number of nitrogens with zero attached hydrogens (tertiary/aromatic N) is 1. The third-order valence-electron chi connectivity index (χ3n) is 8.06. The number of ether oxygens (including phenoxy) is 2. The van der Waals surface area contributed by atoms with Crippen LogP contribution in [-0.2, 0) is 44.7 Å². The number of amides is 4. The zero-order valence-electron chi connectivity index (χ0n) is 29.6. The van der Waals surface area contributed by atoms with Crippen molar-refractivity contribution in [1.82, 2.24) is 20.9 Å². The van der Waals surface area contributed by atoms with Crippen LogP contribution in [0.1, 0.15) is 73.8 Å². The van der Waals surface area contributed by atoms with E-state index in [-0.39, 0.29) is 31.1 Å². The van der Waals surface area contributed by atoms with E-state index in [1.807, 2.05) is 45.9 Å². The van der Waals surface area contributed by atoms with E-state index in [1.54, 1.807) is 39.8 Å². The first-order chi connectivity index (χ1) is 22.5. The molecule has 48 heavy (non-hydrogen) atoms. The fraction of sp³-hybridized carbons (Fsp3) is 0.657. The number of carbonyl (C=O) groups is 6. The van der Waals surface area contributed by atoms with Gasteiger partial charge in [-0.05, 0) is 36.2 Å². The van der Waals surface area contributed by atoms with Gasteiger partial charge in [-0.2, -0.15) is 0 Å². The smallest absolute Gasteiger partial charge is 0.348 e. The summed E-state index contributed by atoms with van der Waals surface area (Å²) < 4.78 is 11.1. The minimum absolute atomic E-state index is 0.0420.